The maximum atomic E-state index is 5.91. The van der Waals surface area contributed by atoms with E-state index in [2.05, 4.69) is 26.9 Å². The second kappa shape index (κ2) is 10.0. The van der Waals surface area contributed by atoms with Crippen molar-refractivity contribution in [2.24, 2.45) is 0 Å². The van der Waals surface area contributed by atoms with Crippen molar-refractivity contribution < 1.29 is 14.2 Å². The molecule has 1 atom stereocenters. The van der Waals surface area contributed by atoms with E-state index >= 15 is 0 Å². The summed E-state index contributed by atoms with van der Waals surface area (Å²) < 4.78 is 16.9. The van der Waals surface area contributed by atoms with E-state index in [1.54, 1.807) is 7.11 Å². The van der Waals surface area contributed by atoms with Crippen molar-refractivity contribution in [3.05, 3.63) is 47.8 Å². The third-order valence-electron chi connectivity index (χ3n) is 5.45. The molecule has 4 rings (SSSR count). The van der Waals surface area contributed by atoms with Crippen LogP contribution >= 0.6 is 0 Å². The number of anilines is 1. The van der Waals surface area contributed by atoms with Gasteiger partial charge < -0.3 is 19.1 Å². The molecule has 1 aromatic heterocycles. The molecule has 2 saturated heterocycles. The van der Waals surface area contributed by atoms with Gasteiger partial charge in [0.15, 0.2) is 0 Å². The van der Waals surface area contributed by atoms with Gasteiger partial charge in [-0.1, -0.05) is 18.2 Å². The zero-order chi connectivity index (χ0) is 19.9. The molecule has 156 valence electrons. The van der Waals surface area contributed by atoms with Crippen molar-refractivity contribution in [3.63, 3.8) is 0 Å². The van der Waals surface area contributed by atoms with Crippen LogP contribution in [0, 0.1) is 0 Å². The molecule has 0 bridgehead atoms. The fraction of sp³-hybridized carbons (Fsp3) is 0.545. The van der Waals surface area contributed by atoms with Crippen LogP contribution in [0.5, 0.6) is 5.75 Å². The van der Waals surface area contributed by atoms with Crippen molar-refractivity contribution in [1.82, 2.24) is 14.9 Å². The van der Waals surface area contributed by atoms with Gasteiger partial charge in [0.1, 0.15) is 5.75 Å². The van der Waals surface area contributed by atoms with Gasteiger partial charge >= 0.3 is 0 Å². The summed E-state index contributed by atoms with van der Waals surface area (Å²) in [4.78, 5) is 13.9. The quantitative estimate of drug-likeness (QED) is 0.677. The Morgan fingerprint density at radius 2 is 2.00 bits per heavy atom. The topological polar surface area (TPSA) is 60.0 Å². The molecule has 1 aromatic carbocycles. The fourth-order valence-electron chi connectivity index (χ4n) is 3.95. The van der Waals surface area contributed by atoms with E-state index in [0.717, 1.165) is 82.8 Å². The van der Waals surface area contributed by atoms with Crippen LogP contribution in [0.2, 0.25) is 0 Å². The van der Waals surface area contributed by atoms with Gasteiger partial charge in [-0.15, -0.1) is 0 Å². The molecule has 0 N–H and O–H groups in total. The maximum absolute atomic E-state index is 5.91. The normalized spacial score (nSPS) is 19.7. The first kappa shape index (κ1) is 20.1. The van der Waals surface area contributed by atoms with E-state index in [0.29, 0.717) is 0 Å². The zero-order valence-electron chi connectivity index (χ0n) is 17.1. The third kappa shape index (κ3) is 5.44. The highest BCUT2D eigenvalue weighted by Gasteiger charge is 2.21. The summed E-state index contributed by atoms with van der Waals surface area (Å²) in [5.74, 6) is 1.71. The standard InChI is InChI=1S/C22H30N4O3/c1-27-21-7-3-2-5-18(21)15-25(17-20-6-4-12-29-20)16-19-8-9-23-22(24-19)26-10-13-28-14-11-26/h2-3,5,7-9,20H,4,6,10-17H2,1H3. The van der Waals surface area contributed by atoms with E-state index in [1.165, 1.54) is 5.56 Å². The molecule has 2 aliphatic rings. The molecule has 0 spiro atoms. The van der Waals surface area contributed by atoms with Crippen molar-refractivity contribution in [2.75, 3.05) is 51.5 Å². The van der Waals surface area contributed by atoms with Gasteiger partial charge in [-0.25, -0.2) is 9.97 Å². The minimum Gasteiger partial charge on any atom is -0.496 e. The van der Waals surface area contributed by atoms with Crippen molar-refractivity contribution >= 4 is 5.95 Å². The molecule has 2 aromatic rings. The highest BCUT2D eigenvalue weighted by atomic mass is 16.5. The van der Waals surface area contributed by atoms with Crippen molar-refractivity contribution in [1.29, 1.82) is 0 Å². The number of benzene rings is 1. The van der Waals surface area contributed by atoms with E-state index < -0.39 is 0 Å². The molecular weight excluding hydrogens is 368 g/mol. The highest BCUT2D eigenvalue weighted by molar-refractivity contribution is 5.33. The summed E-state index contributed by atoms with van der Waals surface area (Å²) in [6.07, 6.45) is 4.40. The monoisotopic (exact) mass is 398 g/mol. The van der Waals surface area contributed by atoms with Crippen LogP contribution in [0.4, 0.5) is 5.95 Å². The minimum absolute atomic E-state index is 0.283. The second-order valence-corrected chi connectivity index (χ2v) is 7.56. The molecule has 3 heterocycles. The number of para-hydroxylation sites is 1. The van der Waals surface area contributed by atoms with Crippen LogP contribution in [-0.4, -0.2) is 67.5 Å². The molecule has 2 aliphatic heterocycles. The molecule has 7 nitrogen and oxygen atoms in total. The number of rotatable bonds is 8. The molecule has 0 aliphatic carbocycles. The molecule has 0 saturated carbocycles. The SMILES string of the molecule is COc1ccccc1CN(Cc1ccnc(N2CCOCC2)n1)CC1CCCO1. The average Bonchev–Trinajstić information content (AvgIpc) is 3.28. The van der Waals surface area contributed by atoms with E-state index in [-0.39, 0.29) is 6.10 Å². The fourth-order valence-corrected chi connectivity index (χ4v) is 3.95. The number of methoxy groups -OCH3 is 1. The van der Waals surface area contributed by atoms with Crippen LogP contribution in [0.3, 0.4) is 0 Å². The molecule has 0 amide bonds. The Morgan fingerprint density at radius 1 is 1.14 bits per heavy atom. The maximum Gasteiger partial charge on any atom is 0.225 e. The first-order chi connectivity index (χ1) is 14.3. The highest BCUT2D eigenvalue weighted by Crippen LogP contribution is 2.22. The number of hydrogen-bond acceptors (Lipinski definition) is 7. The summed E-state index contributed by atoms with van der Waals surface area (Å²) in [6.45, 7) is 6.42. The van der Waals surface area contributed by atoms with Gasteiger partial charge in [0.2, 0.25) is 5.95 Å². The molecule has 29 heavy (non-hydrogen) atoms. The Balaban J connectivity index is 1.50. The molecule has 2 fully saturated rings. The Kier molecular flexibility index (Phi) is 6.92. The summed E-state index contributed by atoms with van der Waals surface area (Å²) in [7, 11) is 1.72. The lowest BCUT2D eigenvalue weighted by molar-refractivity contribution is 0.0672. The lowest BCUT2D eigenvalue weighted by atomic mass is 10.1. The van der Waals surface area contributed by atoms with Gasteiger partial charge in [0.25, 0.3) is 0 Å². The number of aromatic nitrogens is 2. The summed E-state index contributed by atoms with van der Waals surface area (Å²) in [6, 6.07) is 10.2. The van der Waals surface area contributed by atoms with Crippen LogP contribution in [0.25, 0.3) is 0 Å². The smallest absolute Gasteiger partial charge is 0.225 e. The first-order valence-electron chi connectivity index (χ1n) is 10.4. The molecule has 1 unspecified atom stereocenters. The van der Waals surface area contributed by atoms with Crippen molar-refractivity contribution in [3.8, 4) is 5.75 Å². The van der Waals surface area contributed by atoms with Gasteiger partial charge in [-0.05, 0) is 25.0 Å². The summed E-state index contributed by atoms with van der Waals surface area (Å²) in [5, 5.41) is 0. The Morgan fingerprint density at radius 3 is 2.79 bits per heavy atom. The molecule has 7 heteroatoms. The summed E-state index contributed by atoms with van der Waals surface area (Å²) >= 11 is 0. The van der Waals surface area contributed by atoms with E-state index in [1.807, 2.05) is 24.4 Å². The predicted molar refractivity (Wildman–Crippen MR) is 111 cm³/mol. The molecular formula is C22H30N4O3. The zero-order valence-corrected chi connectivity index (χ0v) is 17.1. The van der Waals surface area contributed by atoms with Crippen molar-refractivity contribution in [2.45, 2.75) is 32.0 Å². The third-order valence-corrected chi connectivity index (χ3v) is 5.45. The second-order valence-electron chi connectivity index (χ2n) is 7.56. The van der Waals surface area contributed by atoms with Crippen LogP contribution in [-0.2, 0) is 22.6 Å². The Hall–Kier alpha value is -2.22. The number of morpholine rings is 1. The number of ether oxygens (including phenoxy) is 3. The largest absolute Gasteiger partial charge is 0.496 e. The van der Waals surface area contributed by atoms with Gasteiger partial charge in [-0.3, -0.25) is 4.90 Å². The lowest BCUT2D eigenvalue weighted by Gasteiger charge is -2.28. The molecule has 0 radical (unpaired) electrons. The number of nitrogens with zero attached hydrogens (tertiary/aromatic N) is 4. The van der Waals surface area contributed by atoms with Gasteiger partial charge in [-0.2, -0.15) is 0 Å². The predicted octanol–water partition coefficient (Wildman–Crippen LogP) is 2.50. The van der Waals surface area contributed by atoms with Crippen LogP contribution in [0.1, 0.15) is 24.1 Å². The Bertz CT molecular complexity index is 776. The lowest BCUT2D eigenvalue weighted by Crippen LogP contribution is -2.37. The van der Waals surface area contributed by atoms with E-state index in [4.69, 9.17) is 19.2 Å². The summed E-state index contributed by atoms with van der Waals surface area (Å²) in [5.41, 5.74) is 2.20. The van der Waals surface area contributed by atoms with E-state index in [9.17, 15) is 0 Å². The van der Waals surface area contributed by atoms with Gasteiger partial charge in [0, 0.05) is 51.1 Å². The number of hydrogen-bond donors (Lipinski definition) is 0. The first-order valence-corrected chi connectivity index (χ1v) is 10.4. The Labute approximate surface area is 172 Å². The van der Waals surface area contributed by atoms with Crippen LogP contribution < -0.4 is 9.64 Å². The van der Waals surface area contributed by atoms with Gasteiger partial charge in [0.05, 0.1) is 32.1 Å². The average molecular weight is 399 g/mol. The van der Waals surface area contributed by atoms with Crippen LogP contribution in [0.15, 0.2) is 36.5 Å². The minimum atomic E-state index is 0.283.